The molecule has 0 radical (unpaired) electrons. The van der Waals surface area contributed by atoms with Gasteiger partial charge in [0.25, 0.3) is 5.91 Å². The molecule has 154 valence electrons. The van der Waals surface area contributed by atoms with Gasteiger partial charge in [-0.05, 0) is 47.9 Å². The summed E-state index contributed by atoms with van der Waals surface area (Å²) in [4.78, 5) is 28.2. The summed E-state index contributed by atoms with van der Waals surface area (Å²) < 4.78 is 11.4. The van der Waals surface area contributed by atoms with E-state index in [9.17, 15) is 14.7 Å². The minimum absolute atomic E-state index is 0.00379. The highest BCUT2D eigenvalue weighted by Crippen LogP contribution is 2.29. The van der Waals surface area contributed by atoms with Crippen LogP contribution in [-0.4, -0.2) is 42.8 Å². The topological polar surface area (TPSA) is 85.3 Å². The van der Waals surface area contributed by atoms with Crippen LogP contribution < -0.4 is 9.47 Å². The van der Waals surface area contributed by atoms with Crippen molar-refractivity contribution in [1.29, 1.82) is 0 Å². The SMILES string of the molecule is CON(C)C(=O)/C=C/c1cccc(Oc2ccc(OCC(C)C)cc2C(=O)O)c1. The summed E-state index contributed by atoms with van der Waals surface area (Å²) in [5.41, 5.74) is 0.721. The van der Waals surface area contributed by atoms with Crippen molar-refractivity contribution in [3.63, 3.8) is 0 Å². The van der Waals surface area contributed by atoms with Crippen LogP contribution in [0.5, 0.6) is 17.2 Å². The van der Waals surface area contributed by atoms with Gasteiger partial charge in [0.1, 0.15) is 22.8 Å². The van der Waals surface area contributed by atoms with Gasteiger partial charge in [-0.1, -0.05) is 26.0 Å². The molecule has 0 aliphatic heterocycles. The number of hydrogen-bond donors (Lipinski definition) is 1. The molecular weight excluding hydrogens is 374 g/mol. The van der Waals surface area contributed by atoms with Gasteiger partial charge >= 0.3 is 5.97 Å². The van der Waals surface area contributed by atoms with Gasteiger partial charge in [-0.25, -0.2) is 9.86 Å². The molecule has 0 fully saturated rings. The molecule has 7 nitrogen and oxygen atoms in total. The van der Waals surface area contributed by atoms with Crippen molar-refractivity contribution in [3.8, 4) is 17.2 Å². The lowest BCUT2D eigenvalue weighted by Gasteiger charge is -2.13. The van der Waals surface area contributed by atoms with E-state index in [1.54, 1.807) is 42.5 Å². The van der Waals surface area contributed by atoms with Crippen molar-refractivity contribution in [2.45, 2.75) is 13.8 Å². The summed E-state index contributed by atoms with van der Waals surface area (Å²) in [6, 6.07) is 11.6. The zero-order valence-corrected chi connectivity index (χ0v) is 16.9. The van der Waals surface area contributed by atoms with E-state index in [-0.39, 0.29) is 17.2 Å². The molecule has 0 heterocycles. The number of benzene rings is 2. The molecule has 2 aromatic carbocycles. The Morgan fingerprint density at radius 3 is 2.55 bits per heavy atom. The van der Waals surface area contributed by atoms with Gasteiger partial charge in [-0.3, -0.25) is 9.63 Å². The highest BCUT2D eigenvalue weighted by Gasteiger charge is 2.14. The van der Waals surface area contributed by atoms with E-state index in [1.807, 2.05) is 13.8 Å². The van der Waals surface area contributed by atoms with Crippen LogP contribution in [0.15, 0.2) is 48.5 Å². The molecule has 7 heteroatoms. The van der Waals surface area contributed by atoms with E-state index in [0.29, 0.717) is 29.6 Å². The number of hydroxylamine groups is 2. The molecule has 1 N–H and O–H groups in total. The monoisotopic (exact) mass is 399 g/mol. The van der Waals surface area contributed by atoms with Gasteiger partial charge in [0, 0.05) is 13.1 Å². The van der Waals surface area contributed by atoms with Crippen molar-refractivity contribution in [3.05, 3.63) is 59.7 Å². The molecular formula is C22H25NO6. The van der Waals surface area contributed by atoms with Crippen LogP contribution in [0, 0.1) is 5.92 Å². The predicted octanol–water partition coefficient (Wildman–Crippen LogP) is 4.24. The first-order valence-electron chi connectivity index (χ1n) is 9.08. The molecule has 29 heavy (non-hydrogen) atoms. The Morgan fingerprint density at radius 2 is 1.90 bits per heavy atom. The van der Waals surface area contributed by atoms with Crippen molar-refractivity contribution >= 4 is 18.0 Å². The number of ether oxygens (including phenoxy) is 2. The molecule has 0 aromatic heterocycles. The standard InChI is InChI=1S/C22H25NO6/c1-15(2)14-28-17-9-10-20(19(13-17)22(25)26)29-18-7-5-6-16(12-18)8-11-21(24)23(3)27-4/h5-13,15H,14H2,1-4H3,(H,25,26)/b11-8+. The van der Waals surface area contributed by atoms with Crippen LogP contribution in [0.2, 0.25) is 0 Å². The van der Waals surface area contributed by atoms with Crippen molar-refractivity contribution < 1.29 is 29.0 Å². The lowest BCUT2D eigenvalue weighted by Crippen LogP contribution is -2.22. The Labute approximate surface area is 170 Å². The van der Waals surface area contributed by atoms with Gasteiger partial charge in [-0.2, -0.15) is 0 Å². The van der Waals surface area contributed by atoms with E-state index in [2.05, 4.69) is 0 Å². The Hall–Kier alpha value is -3.32. The number of rotatable bonds is 9. The second kappa shape index (κ2) is 10.3. The van der Waals surface area contributed by atoms with Gasteiger partial charge in [0.15, 0.2) is 0 Å². The van der Waals surface area contributed by atoms with Crippen molar-refractivity contribution in [2.24, 2.45) is 5.92 Å². The molecule has 0 saturated carbocycles. The van der Waals surface area contributed by atoms with Crippen LogP contribution in [0.3, 0.4) is 0 Å². The number of carboxylic acids is 1. The van der Waals surface area contributed by atoms with E-state index < -0.39 is 5.97 Å². The Balaban J connectivity index is 2.19. The summed E-state index contributed by atoms with van der Waals surface area (Å²) in [7, 11) is 2.91. The van der Waals surface area contributed by atoms with Crippen LogP contribution in [0.4, 0.5) is 0 Å². The van der Waals surface area contributed by atoms with E-state index in [0.717, 1.165) is 5.06 Å². The zero-order valence-electron chi connectivity index (χ0n) is 16.9. The van der Waals surface area contributed by atoms with E-state index in [4.69, 9.17) is 14.3 Å². The van der Waals surface area contributed by atoms with Crippen LogP contribution in [0.25, 0.3) is 6.08 Å². The largest absolute Gasteiger partial charge is 0.493 e. The number of likely N-dealkylation sites (N-methyl/N-ethyl adjacent to an activating group) is 1. The van der Waals surface area contributed by atoms with E-state index in [1.165, 1.54) is 26.3 Å². The number of carboxylic acid groups (broad SMARTS) is 1. The predicted molar refractivity (Wildman–Crippen MR) is 109 cm³/mol. The minimum atomic E-state index is -1.11. The maximum Gasteiger partial charge on any atom is 0.339 e. The minimum Gasteiger partial charge on any atom is -0.493 e. The van der Waals surface area contributed by atoms with Crippen LogP contribution in [-0.2, 0) is 9.63 Å². The Kier molecular flexibility index (Phi) is 7.79. The first kappa shape index (κ1) is 22.0. The molecule has 1 amide bonds. The highest BCUT2D eigenvalue weighted by atomic mass is 16.7. The maximum absolute atomic E-state index is 11.8. The normalized spacial score (nSPS) is 10.9. The molecule has 0 aliphatic rings. The zero-order chi connectivity index (χ0) is 21.4. The van der Waals surface area contributed by atoms with Gasteiger partial charge < -0.3 is 14.6 Å². The number of aromatic carboxylic acids is 1. The lowest BCUT2D eigenvalue weighted by atomic mass is 10.1. The van der Waals surface area contributed by atoms with Gasteiger partial charge in [0.2, 0.25) is 0 Å². The molecule has 0 saturated heterocycles. The number of carbonyl (C=O) groups is 2. The smallest absolute Gasteiger partial charge is 0.339 e. The Bertz CT molecular complexity index is 891. The number of amides is 1. The summed E-state index contributed by atoms with van der Waals surface area (Å²) in [5, 5.41) is 10.6. The summed E-state index contributed by atoms with van der Waals surface area (Å²) >= 11 is 0. The molecule has 0 bridgehead atoms. The number of carbonyl (C=O) groups excluding carboxylic acids is 1. The third-order valence-corrected chi connectivity index (χ3v) is 3.85. The van der Waals surface area contributed by atoms with Crippen LogP contribution in [0.1, 0.15) is 29.8 Å². The second-order valence-corrected chi connectivity index (χ2v) is 6.69. The Morgan fingerprint density at radius 1 is 1.14 bits per heavy atom. The van der Waals surface area contributed by atoms with Gasteiger partial charge in [0.05, 0.1) is 13.7 Å². The van der Waals surface area contributed by atoms with Crippen LogP contribution >= 0.6 is 0 Å². The average molecular weight is 399 g/mol. The first-order chi connectivity index (χ1) is 13.8. The van der Waals surface area contributed by atoms with Gasteiger partial charge in [-0.15, -0.1) is 0 Å². The number of nitrogens with zero attached hydrogens (tertiary/aromatic N) is 1. The fraction of sp³-hybridized carbons (Fsp3) is 0.273. The summed E-state index contributed by atoms with van der Waals surface area (Å²) in [6.07, 6.45) is 2.98. The highest BCUT2D eigenvalue weighted by molar-refractivity contribution is 5.92. The third kappa shape index (κ3) is 6.65. The first-order valence-corrected chi connectivity index (χ1v) is 9.08. The average Bonchev–Trinajstić information content (AvgIpc) is 2.70. The second-order valence-electron chi connectivity index (χ2n) is 6.69. The molecule has 2 rings (SSSR count). The van der Waals surface area contributed by atoms with Crippen molar-refractivity contribution in [2.75, 3.05) is 20.8 Å². The fourth-order valence-corrected chi connectivity index (χ4v) is 2.29. The maximum atomic E-state index is 11.8. The number of hydrogen-bond acceptors (Lipinski definition) is 5. The van der Waals surface area contributed by atoms with Crippen molar-refractivity contribution in [1.82, 2.24) is 5.06 Å². The van der Waals surface area contributed by atoms with E-state index >= 15 is 0 Å². The lowest BCUT2D eigenvalue weighted by molar-refractivity contribution is -0.162. The molecule has 2 aromatic rings. The molecule has 0 unspecified atom stereocenters. The summed E-state index contributed by atoms with van der Waals surface area (Å²) in [6.45, 7) is 4.51. The fourth-order valence-electron chi connectivity index (χ4n) is 2.29. The molecule has 0 spiro atoms. The quantitative estimate of drug-likeness (QED) is 0.501. The molecule has 0 aliphatic carbocycles. The third-order valence-electron chi connectivity index (χ3n) is 3.85. The summed E-state index contributed by atoms with van der Waals surface area (Å²) in [5.74, 6) is 0.0125. The molecule has 0 atom stereocenters.